The smallest absolute Gasteiger partial charge is 0.254 e. The van der Waals surface area contributed by atoms with E-state index in [-0.39, 0.29) is 11.9 Å². The van der Waals surface area contributed by atoms with Crippen molar-refractivity contribution in [1.29, 1.82) is 0 Å². The highest BCUT2D eigenvalue weighted by atomic mass is 79.9. The quantitative estimate of drug-likeness (QED) is 0.228. The number of aromatic nitrogens is 3. The molecule has 3 aromatic rings. The highest BCUT2D eigenvalue weighted by Gasteiger charge is 2.35. The predicted molar refractivity (Wildman–Crippen MR) is 139 cm³/mol. The minimum Gasteiger partial charge on any atom is -0.363 e. The third-order valence-electron chi connectivity index (χ3n) is 5.93. The lowest BCUT2D eigenvalue weighted by Crippen LogP contribution is -2.38. The highest BCUT2D eigenvalue weighted by Crippen LogP contribution is 2.40. The largest absolute Gasteiger partial charge is 0.363 e. The van der Waals surface area contributed by atoms with Gasteiger partial charge in [0.15, 0.2) is 0 Å². The maximum atomic E-state index is 13.4. The number of fused-ring (bicyclic) bond motifs is 1. The first kappa shape index (κ1) is 25.4. The van der Waals surface area contributed by atoms with Crippen LogP contribution in [0.5, 0.6) is 0 Å². The Morgan fingerprint density at radius 2 is 2.06 bits per heavy atom. The molecule has 0 bridgehead atoms. The third kappa shape index (κ3) is 5.28. The second kappa shape index (κ2) is 10.1. The summed E-state index contributed by atoms with van der Waals surface area (Å²) in [5.41, 5.74) is 3.81. The molecule has 0 radical (unpaired) electrons. The van der Waals surface area contributed by atoms with Gasteiger partial charge in [-0.2, -0.15) is 5.10 Å². The maximum Gasteiger partial charge on any atom is 0.254 e. The van der Waals surface area contributed by atoms with Gasteiger partial charge in [0.05, 0.1) is 31.9 Å². The van der Waals surface area contributed by atoms with Crippen molar-refractivity contribution in [3.8, 4) is 11.4 Å². The van der Waals surface area contributed by atoms with Gasteiger partial charge < -0.3 is 14.2 Å². The normalized spacial score (nSPS) is 16.1. The van der Waals surface area contributed by atoms with Crippen LogP contribution in [0.3, 0.4) is 0 Å². The van der Waals surface area contributed by atoms with Gasteiger partial charge in [0.25, 0.3) is 5.91 Å². The number of ether oxygens (including phenoxy) is 1. The summed E-state index contributed by atoms with van der Waals surface area (Å²) < 4.78 is 13.8. The van der Waals surface area contributed by atoms with Crippen molar-refractivity contribution in [3.63, 3.8) is 0 Å². The number of halogens is 3. The molecule has 0 saturated heterocycles. The summed E-state index contributed by atoms with van der Waals surface area (Å²) in [5, 5.41) is 9.83. The monoisotopic (exact) mass is 584 g/mol. The Hall–Kier alpha value is -1.65. The molecule has 1 amide bonds. The molecule has 0 aliphatic carbocycles. The molecule has 1 aromatic carbocycles. The lowest BCUT2D eigenvalue weighted by atomic mass is 9.95. The van der Waals surface area contributed by atoms with E-state index in [1.807, 2.05) is 16.5 Å². The summed E-state index contributed by atoms with van der Waals surface area (Å²) in [5.74, 6) is -0.110. The molecule has 3 heterocycles. The topological polar surface area (TPSA) is 73.4 Å². The Morgan fingerprint density at radius 3 is 2.71 bits per heavy atom. The number of hydrogen-bond donors (Lipinski definition) is 0. The molecular weight excluding hydrogens is 559 g/mol. The molecule has 7 nitrogen and oxygen atoms in total. The van der Waals surface area contributed by atoms with Crippen LogP contribution < -0.4 is 0 Å². The standard InChI is InChI=1S/C23H27BrCl2N4O3Si/c1-14-20-19(7-8-29(14)23(31)15-5-6-17(25)18(26)11-15)27-30(13-32-9-10-34(2,3)4)22(20)21-16(24)12-33-28-21/h5-6,11-12,14H,7-10,13H2,1-4H3/t14-/m1/s1. The molecular formula is C23H27BrCl2N4O3Si. The third-order valence-corrected chi connectivity index (χ3v) is 8.93. The number of benzene rings is 1. The first-order valence-electron chi connectivity index (χ1n) is 11.1. The van der Waals surface area contributed by atoms with Crippen molar-refractivity contribution in [3.05, 3.63) is 55.8 Å². The first-order valence-corrected chi connectivity index (χ1v) is 16.4. The van der Waals surface area contributed by atoms with Crippen molar-refractivity contribution in [2.24, 2.45) is 0 Å². The molecule has 11 heteroatoms. The maximum absolute atomic E-state index is 13.4. The van der Waals surface area contributed by atoms with Crippen LogP contribution in [0.2, 0.25) is 35.7 Å². The average Bonchev–Trinajstić information content (AvgIpc) is 3.35. The van der Waals surface area contributed by atoms with Gasteiger partial charge >= 0.3 is 0 Å². The van der Waals surface area contributed by atoms with Crippen LogP contribution in [0.4, 0.5) is 0 Å². The van der Waals surface area contributed by atoms with Crippen LogP contribution in [-0.2, 0) is 17.9 Å². The summed E-state index contributed by atoms with van der Waals surface area (Å²) >= 11 is 15.7. The van der Waals surface area contributed by atoms with Crippen LogP contribution >= 0.6 is 39.1 Å². The van der Waals surface area contributed by atoms with E-state index in [1.165, 1.54) is 6.26 Å². The molecule has 34 heavy (non-hydrogen) atoms. The number of rotatable bonds is 7. The molecule has 1 aliphatic rings. The minimum absolute atomic E-state index is 0.110. The van der Waals surface area contributed by atoms with Crippen molar-refractivity contribution in [2.45, 2.75) is 51.8 Å². The molecule has 2 aromatic heterocycles. The van der Waals surface area contributed by atoms with Gasteiger partial charge in [0, 0.05) is 38.8 Å². The Balaban J connectivity index is 1.66. The van der Waals surface area contributed by atoms with Crippen molar-refractivity contribution >= 4 is 53.1 Å². The molecule has 0 unspecified atom stereocenters. The van der Waals surface area contributed by atoms with Gasteiger partial charge in [-0.15, -0.1) is 0 Å². The van der Waals surface area contributed by atoms with E-state index in [2.05, 4.69) is 40.7 Å². The molecule has 4 rings (SSSR count). The fourth-order valence-electron chi connectivity index (χ4n) is 4.05. The molecule has 0 N–H and O–H groups in total. The fourth-order valence-corrected chi connectivity index (χ4v) is 5.45. The Morgan fingerprint density at radius 1 is 1.29 bits per heavy atom. The zero-order chi connectivity index (χ0) is 24.6. The molecule has 1 atom stereocenters. The number of nitrogens with zero attached hydrogens (tertiary/aromatic N) is 4. The molecule has 0 spiro atoms. The van der Waals surface area contributed by atoms with Crippen LogP contribution in [0, 0.1) is 0 Å². The Kier molecular flexibility index (Phi) is 7.59. The predicted octanol–water partition coefficient (Wildman–Crippen LogP) is 6.68. The number of carbonyl (C=O) groups is 1. The van der Waals surface area contributed by atoms with Gasteiger partial charge in [0.2, 0.25) is 0 Å². The van der Waals surface area contributed by atoms with Crippen LogP contribution in [0.1, 0.15) is 34.6 Å². The van der Waals surface area contributed by atoms with Gasteiger partial charge in [0.1, 0.15) is 18.7 Å². The van der Waals surface area contributed by atoms with Crippen molar-refractivity contribution in [1.82, 2.24) is 19.8 Å². The highest BCUT2D eigenvalue weighted by molar-refractivity contribution is 9.10. The lowest BCUT2D eigenvalue weighted by molar-refractivity contribution is 0.0677. The van der Waals surface area contributed by atoms with E-state index in [4.69, 9.17) is 37.6 Å². The van der Waals surface area contributed by atoms with Crippen molar-refractivity contribution < 1.29 is 14.1 Å². The lowest BCUT2D eigenvalue weighted by Gasteiger charge is -2.33. The summed E-state index contributed by atoms with van der Waals surface area (Å²) in [4.78, 5) is 15.2. The van der Waals surface area contributed by atoms with E-state index in [0.717, 1.165) is 27.5 Å². The average molecular weight is 586 g/mol. The Labute approximate surface area is 218 Å². The Bertz CT molecular complexity index is 1210. The van der Waals surface area contributed by atoms with E-state index < -0.39 is 8.07 Å². The number of amides is 1. The second-order valence-corrected chi connectivity index (χ2v) is 16.9. The van der Waals surface area contributed by atoms with E-state index >= 15 is 0 Å². The summed E-state index contributed by atoms with van der Waals surface area (Å²) in [7, 11) is -1.20. The number of hydrogen-bond acceptors (Lipinski definition) is 5. The second-order valence-electron chi connectivity index (χ2n) is 9.62. The van der Waals surface area contributed by atoms with E-state index in [9.17, 15) is 4.79 Å². The molecule has 0 fully saturated rings. The SMILES string of the molecule is C[C@@H]1c2c(nn(COCC[Si](C)(C)C)c2-c2nocc2Br)CCN1C(=O)c1ccc(Cl)c(Cl)c1. The fraction of sp³-hybridized carbons (Fsp3) is 0.435. The summed E-state index contributed by atoms with van der Waals surface area (Å²) in [6.45, 7) is 10.5. The van der Waals surface area contributed by atoms with Gasteiger partial charge in [-0.05, 0) is 47.1 Å². The molecule has 1 aliphatic heterocycles. The van der Waals surface area contributed by atoms with Crippen LogP contribution in [0.25, 0.3) is 11.4 Å². The first-order chi connectivity index (χ1) is 16.1. The van der Waals surface area contributed by atoms with Crippen LogP contribution in [-0.4, -0.2) is 47.0 Å². The van der Waals surface area contributed by atoms with Gasteiger partial charge in [-0.1, -0.05) is 48.0 Å². The van der Waals surface area contributed by atoms with Crippen LogP contribution in [0.15, 0.2) is 33.5 Å². The summed E-state index contributed by atoms with van der Waals surface area (Å²) in [6, 6.07) is 5.79. The molecule has 0 saturated carbocycles. The summed E-state index contributed by atoms with van der Waals surface area (Å²) in [6.07, 6.45) is 2.16. The van der Waals surface area contributed by atoms with Gasteiger partial charge in [-0.25, -0.2) is 4.68 Å². The zero-order valence-electron chi connectivity index (χ0n) is 19.6. The minimum atomic E-state index is -1.20. The molecule has 182 valence electrons. The van der Waals surface area contributed by atoms with Crippen molar-refractivity contribution in [2.75, 3.05) is 13.2 Å². The van der Waals surface area contributed by atoms with Gasteiger partial charge in [-0.3, -0.25) is 4.79 Å². The van der Waals surface area contributed by atoms with E-state index in [0.29, 0.717) is 47.6 Å². The van der Waals surface area contributed by atoms with E-state index in [1.54, 1.807) is 18.2 Å². The zero-order valence-corrected chi connectivity index (χ0v) is 23.7. The number of carbonyl (C=O) groups excluding carboxylic acids is 1.